The molecule has 0 aromatic rings. The van der Waals surface area contributed by atoms with Crippen LogP contribution in [0, 0.1) is 27.6 Å². The molecular weight excluding hydrogens is 1150 g/mol. The van der Waals surface area contributed by atoms with Crippen LogP contribution in [0.5, 0.6) is 0 Å². The second-order valence-corrected chi connectivity index (χ2v) is 28.6. The minimum atomic E-state index is -1.23. The maximum absolute atomic E-state index is 12.1. The number of ether oxygens (including phenoxy) is 13. The molecule has 5 saturated heterocycles. The van der Waals surface area contributed by atoms with Gasteiger partial charge in [-0.15, -0.1) is 0 Å². The predicted molar refractivity (Wildman–Crippen MR) is 322 cm³/mol. The zero-order valence-corrected chi connectivity index (χ0v) is 58.3. The molecule has 0 aliphatic carbocycles. The van der Waals surface area contributed by atoms with Gasteiger partial charge in [0.1, 0.15) is 22.4 Å². The van der Waals surface area contributed by atoms with Gasteiger partial charge in [0.15, 0.2) is 22.9 Å². The van der Waals surface area contributed by atoms with Crippen molar-refractivity contribution in [2.75, 3.05) is 41.2 Å². The molecule has 9 atom stereocenters. The zero-order valence-electron chi connectivity index (χ0n) is 58.3. The van der Waals surface area contributed by atoms with Crippen LogP contribution in [0.3, 0.4) is 0 Å². The van der Waals surface area contributed by atoms with E-state index in [1.807, 2.05) is 69.2 Å². The Morgan fingerprint density at radius 1 is 0.500 bits per heavy atom. The third kappa shape index (κ3) is 21.1. The first-order valence-electron chi connectivity index (χ1n) is 30.5. The van der Waals surface area contributed by atoms with E-state index in [4.69, 9.17) is 61.6 Å². The summed E-state index contributed by atoms with van der Waals surface area (Å²) in [6.45, 7) is 44.1. The lowest BCUT2D eigenvalue weighted by atomic mass is 9.85. The summed E-state index contributed by atoms with van der Waals surface area (Å²) in [5, 5.41) is 0. The monoisotopic (exact) mass is 1260 g/mol. The van der Waals surface area contributed by atoms with E-state index in [1.165, 1.54) is 7.11 Å². The molecule has 5 rings (SSSR count). The van der Waals surface area contributed by atoms with E-state index < -0.39 is 90.6 Å². The fourth-order valence-electron chi connectivity index (χ4n) is 8.72. The average Bonchev–Trinajstić information content (AvgIpc) is 2.43. The summed E-state index contributed by atoms with van der Waals surface area (Å²) in [7, 11) is 4.60. The quantitative estimate of drug-likeness (QED) is 0.0762. The molecule has 0 spiro atoms. The minimum Gasteiger partial charge on any atom is -0.457 e. The van der Waals surface area contributed by atoms with Crippen molar-refractivity contribution in [3.05, 3.63) is 0 Å². The van der Waals surface area contributed by atoms with Gasteiger partial charge >= 0.3 is 59.7 Å². The number of carbonyl (C=O) groups is 10. The molecule has 0 amide bonds. The molecular formula is C65H110O23. The lowest BCUT2D eigenvalue weighted by molar-refractivity contribution is -0.184. The molecule has 88 heavy (non-hydrogen) atoms. The second-order valence-electron chi connectivity index (χ2n) is 28.6. The van der Waals surface area contributed by atoms with Crippen LogP contribution in [0.1, 0.15) is 230 Å². The second kappa shape index (κ2) is 30.6. The number of methoxy groups -OCH3 is 3. The van der Waals surface area contributed by atoms with Crippen molar-refractivity contribution in [1.29, 1.82) is 0 Å². The van der Waals surface area contributed by atoms with Gasteiger partial charge in [-0.1, -0.05) is 41.5 Å². The molecule has 9 unspecified atom stereocenters. The number of carbonyl (C=O) groups excluding carboxylic acids is 10. The van der Waals surface area contributed by atoms with Crippen molar-refractivity contribution in [2.24, 2.45) is 27.6 Å². The summed E-state index contributed by atoms with van der Waals surface area (Å²) in [6, 6.07) is 0. The van der Waals surface area contributed by atoms with Gasteiger partial charge in [0.2, 0.25) is 11.7 Å². The van der Waals surface area contributed by atoms with Crippen molar-refractivity contribution in [3.63, 3.8) is 0 Å². The number of esters is 10. The molecule has 0 saturated carbocycles. The molecule has 5 aliphatic rings. The van der Waals surface area contributed by atoms with Crippen molar-refractivity contribution in [2.45, 2.75) is 287 Å². The summed E-state index contributed by atoms with van der Waals surface area (Å²) in [5.41, 5.74) is -9.10. The normalized spacial score (nSPS) is 29.0. The van der Waals surface area contributed by atoms with Crippen LogP contribution >= 0.6 is 0 Å². The Balaban J connectivity index is 0.000000551. The first-order chi connectivity index (χ1) is 39.8. The Labute approximate surface area is 523 Å². The van der Waals surface area contributed by atoms with Crippen molar-refractivity contribution in [1.82, 2.24) is 0 Å². The van der Waals surface area contributed by atoms with Crippen LogP contribution < -0.4 is 0 Å². The smallest absolute Gasteiger partial charge is 0.351 e. The minimum absolute atomic E-state index is 0.0887. The first-order valence-corrected chi connectivity index (χ1v) is 30.5. The Morgan fingerprint density at radius 2 is 0.898 bits per heavy atom. The highest BCUT2D eigenvalue weighted by atomic mass is 16.7. The zero-order chi connectivity index (χ0) is 68.9. The van der Waals surface area contributed by atoms with Crippen molar-refractivity contribution < 1.29 is 110 Å². The Morgan fingerprint density at radius 3 is 1.30 bits per heavy atom. The van der Waals surface area contributed by atoms with Gasteiger partial charge in [-0.3, -0.25) is 38.4 Å². The summed E-state index contributed by atoms with van der Waals surface area (Å²) >= 11 is 0. The van der Waals surface area contributed by atoms with E-state index in [1.54, 1.807) is 111 Å². The number of rotatable bonds is 21. The Hall–Kier alpha value is -5.42. The first kappa shape index (κ1) is 80.6. The van der Waals surface area contributed by atoms with Gasteiger partial charge in [-0.2, -0.15) is 0 Å². The highest BCUT2D eigenvalue weighted by molar-refractivity contribution is 5.87. The van der Waals surface area contributed by atoms with Gasteiger partial charge in [0.05, 0.1) is 66.7 Å². The third-order valence-electron chi connectivity index (χ3n) is 17.9. The molecule has 0 N–H and O–H groups in total. The lowest BCUT2D eigenvalue weighted by Crippen LogP contribution is -2.49. The van der Waals surface area contributed by atoms with Crippen LogP contribution in [0.25, 0.3) is 0 Å². The summed E-state index contributed by atoms with van der Waals surface area (Å²) < 4.78 is 68.3. The molecule has 23 nitrogen and oxygen atoms in total. The molecule has 0 bridgehead atoms. The molecule has 5 aliphatic heterocycles. The van der Waals surface area contributed by atoms with Crippen LogP contribution in [0.15, 0.2) is 0 Å². The van der Waals surface area contributed by atoms with Gasteiger partial charge in [-0.05, 0) is 157 Å². The van der Waals surface area contributed by atoms with Crippen molar-refractivity contribution >= 4 is 59.7 Å². The maximum Gasteiger partial charge on any atom is 0.351 e. The molecule has 0 aromatic heterocycles. The number of cyclic esters (lactones) is 5. The third-order valence-corrected chi connectivity index (χ3v) is 17.9. The number of hydrogen-bond donors (Lipinski definition) is 0. The molecule has 5 heterocycles. The Kier molecular flexibility index (Phi) is 28.0. The van der Waals surface area contributed by atoms with Crippen LogP contribution in [0.2, 0.25) is 0 Å². The van der Waals surface area contributed by atoms with E-state index in [-0.39, 0.29) is 86.1 Å². The van der Waals surface area contributed by atoms with Gasteiger partial charge in [0, 0.05) is 34.2 Å². The summed E-state index contributed by atoms with van der Waals surface area (Å²) in [5.74, 6) is -3.75. The highest BCUT2D eigenvalue weighted by Crippen LogP contribution is 2.43. The van der Waals surface area contributed by atoms with E-state index in [9.17, 15) is 47.9 Å². The van der Waals surface area contributed by atoms with Gasteiger partial charge in [0.25, 0.3) is 0 Å². The molecule has 23 heteroatoms. The average molecular weight is 1260 g/mol. The fraction of sp³-hybridized carbons (Fsp3) is 0.846. The van der Waals surface area contributed by atoms with Crippen molar-refractivity contribution in [3.8, 4) is 0 Å². The predicted octanol–water partition coefficient (Wildman–Crippen LogP) is 9.96. The molecule has 0 radical (unpaired) electrons. The standard InChI is InChI=1S/C14H24O5.2C13H22O5.C13H22O4.C12H20O4/c1-7-12(2,3)10(15)19-14(5)8-13(4,9-17-6)18-11(14)16;1-6-12(2,3)11(15)17-9-7-13(4,8-16-5)18-10(9)14;1-6-12(2,3)11(15)17-9-7-10(14)18-13(9,4)8-16-5;1-7-11(2,3)10(15)17-13(6)8-9(14)16-12(13,4)5;1-6-8(2)10(14)16-12(5)7-9(13)15-11(12,3)4/h7-9H2,1-6H3;2*9H,6-8H2,1-5H3;7-8H2,1-6H3;8H,6-7H2,1-5H3. The SMILES string of the molecule is CCC(C)(C)C(=O)OC1(C)CC(=O)OC1(C)C.CCC(C)(C)C(=O)OC1(C)CC(C)(COC)OC1=O.CCC(C)(C)C(=O)OC1CC(=O)OC1(C)COC.CCC(C)(C)C(=O)OC1CC(C)(COC)OC1=O.CCC(C)C(=O)OC1(C)CC(=O)OC1(C)C. The molecule has 508 valence electrons. The Bertz CT molecular complexity index is 2480. The fourth-order valence-corrected chi connectivity index (χ4v) is 8.72. The van der Waals surface area contributed by atoms with Gasteiger partial charge < -0.3 is 61.6 Å². The van der Waals surface area contributed by atoms with E-state index in [0.717, 1.165) is 6.42 Å². The lowest BCUT2D eigenvalue weighted by Gasteiger charge is -2.36. The van der Waals surface area contributed by atoms with E-state index in [2.05, 4.69) is 0 Å². The van der Waals surface area contributed by atoms with E-state index >= 15 is 0 Å². The molecule has 5 fully saturated rings. The van der Waals surface area contributed by atoms with Crippen LogP contribution in [-0.2, 0) is 110 Å². The van der Waals surface area contributed by atoms with Crippen LogP contribution in [-0.4, -0.2) is 158 Å². The molecule has 0 aromatic carbocycles. The van der Waals surface area contributed by atoms with Gasteiger partial charge in [-0.25, -0.2) is 9.59 Å². The summed E-state index contributed by atoms with van der Waals surface area (Å²) in [4.78, 5) is 118. The van der Waals surface area contributed by atoms with E-state index in [0.29, 0.717) is 45.1 Å². The summed E-state index contributed by atoms with van der Waals surface area (Å²) in [6.07, 6.45) is 2.97. The van der Waals surface area contributed by atoms with Crippen LogP contribution in [0.4, 0.5) is 0 Å². The largest absolute Gasteiger partial charge is 0.457 e. The maximum atomic E-state index is 12.1. The topological polar surface area (TPSA) is 291 Å². The number of hydrogen-bond acceptors (Lipinski definition) is 23. The highest BCUT2D eigenvalue weighted by Gasteiger charge is 2.58.